The van der Waals surface area contributed by atoms with E-state index in [1.54, 1.807) is 6.20 Å². The number of amidine groups is 1. The highest BCUT2D eigenvalue weighted by atomic mass is 15.2. The molecule has 1 saturated heterocycles. The average molecular weight is 606 g/mol. The Morgan fingerprint density at radius 1 is 0.956 bits per heavy atom. The first-order valence-corrected chi connectivity index (χ1v) is 16.9. The fraction of sp³-hybridized carbons (Fsp3) is 0.425. The SMILES string of the molecule is C=CNC(=NCNc1ccc(C2CCN(C)CC2)c(CC)c1)/C(=C\C)CN(c1ccc(CC)cc1CC)c1c(C)cccc1C. The molecule has 1 fully saturated rings. The molecule has 4 rings (SSSR count). The highest BCUT2D eigenvalue weighted by Crippen LogP contribution is 2.36. The fourth-order valence-electron chi connectivity index (χ4n) is 6.68. The molecule has 0 bridgehead atoms. The maximum atomic E-state index is 5.03. The maximum Gasteiger partial charge on any atom is 0.131 e. The van der Waals surface area contributed by atoms with Gasteiger partial charge in [-0.05, 0) is 137 Å². The van der Waals surface area contributed by atoms with E-state index < -0.39 is 0 Å². The van der Waals surface area contributed by atoms with Crippen molar-refractivity contribution in [2.75, 3.05) is 43.6 Å². The summed E-state index contributed by atoms with van der Waals surface area (Å²) < 4.78 is 0. The third kappa shape index (κ3) is 8.46. The normalized spacial score (nSPS) is 14.8. The zero-order chi connectivity index (χ0) is 32.3. The fourth-order valence-corrected chi connectivity index (χ4v) is 6.68. The van der Waals surface area contributed by atoms with Crippen LogP contribution in [0.1, 0.15) is 79.8 Å². The van der Waals surface area contributed by atoms with Crippen LogP contribution in [-0.4, -0.2) is 44.1 Å². The van der Waals surface area contributed by atoms with Gasteiger partial charge >= 0.3 is 0 Å². The second-order valence-corrected chi connectivity index (χ2v) is 12.3. The molecule has 1 aliphatic heterocycles. The van der Waals surface area contributed by atoms with Crippen molar-refractivity contribution < 1.29 is 0 Å². The van der Waals surface area contributed by atoms with Crippen LogP contribution in [0.15, 0.2) is 84.0 Å². The zero-order valence-electron chi connectivity index (χ0n) is 28.8. The standard InChI is InChI=1S/C40H55N5/c1-9-31-17-20-38(33(11-3)25-31)45(39-29(6)15-14-16-30(39)7)27-34(12-4)40(41-13-5)43-28-42-36-18-19-37(32(10-2)26-36)35-21-23-44(8)24-22-35/h12-20,25-26,35,42H,5,9-11,21-24,27-28H2,1-4,6-8H3,(H,41,43)/b34-12-. The molecular formula is C40H55N5. The number of rotatable bonds is 13. The van der Waals surface area contributed by atoms with Crippen LogP contribution >= 0.6 is 0 Å². The molecule has 0 radical (unpaired) electrons. The Bertz CT molecular complexity index is 1470. The van der Waals surface area contributed by atoms with Crippen molar-refractivity contribution in [3.8, 4) is 0 Å². The van der Waals surface area contributed by atoms with Crippen molar-refractivity contribution in [3.63, 3.8) is 0 Å². The van der Waals surface area contributed by atoms with Crippen molar-refractivity contribution in [2.24, 2.45) is 4.99 Å². The third-order valence-electron chi connectivity index (χ3n) is 9.36. The number of piperidine rings is 1. The molecule has 0 saturated carbocycles. The van der Waals surface area contributed by atoms with E-state index in [-0.39, 0.29) is 0 Å². The minimum absolute atomic E-state index is 0.471. The average Bonchev–Trinajstić information content (AvgIpc) is 3.06. The third-order valence-corrected chi connectivity index (χ3v) is 9.36. The Kier molecular flexibility index (Phi) is 12.5. The topological polar surface area (TPSA) is 42.9 Å². The van der Waals surface area contributed by atoms with E-state index in [4.69, 9.17) is 4.99 Å². The van der Waals surface area contributed by atoms with Crippen LogP contribution in [0.5, 0.6) is 0 Å². The molecule has 0 aromatic heterocycles. The van der Waals surface area contributed by atoms with Crippen molar-refractivity contribution >= 4 is 22.9 Å². The van der Waals surface area contributed by atoms with Crippen molar-refractivity contribution in [1.29, 1.82) is 0 Å². The zero-order valence-corrected chi connectivity index (χ0v) is 28.8. The lowest BCUT2D eigenvalue weighted by molar-refractivity contribution is 0.255. The van der Waals surface area contributed by atoms with Gasteiger partial charge in [-0.15, -0.1) is 0 Å². The lowest BCUT2D eigenvalue weighted by Crippen LogP contribution is -2.30. The Balaban J connectivity index is 1.60. The van der Waals surface area contributed by atoms with Gasteiger partial charge in [0.25, 0.3) is 0 Å². The van der Waals surface area contributed by atoms with E-state index in [2.05, 4.69) is 136 Å². The molecule has 0 amide bonds. The van der Waals surface area contributed by atoms with Crippen LogP contribution in [0.25, 0.3) is 0 Å². The van der Waals surface area contributed by atoms with Crippen LogP contribution in [0.3, 0.4) is 0 Å². The predicted molar refractivity (Wildman–Crippen MR) is 196 cm³/mol. The Labute approximate surface area is 273 Å². The number of benzene rings is 3. The van der Waals surface area contributed by atoms with E-state index in [0.717, 1.165) is 36.4 Å². The van der Waals surface area contributed by atoms with Gasteiger partial charge in [0.05, 0.1) is 6.54 Å². The summed E-state index contributed by atoms with van der Waals surface area (Å²) in [4.78, 5) is 9.95. The molecule has 1 aliphatic rings. The summed E-state index contributed by atoms with van der Waals surface area (Å²) in [6.07, 6.45) is 9.43. The van der Waals surface area contributed by atoms with E-state index in [9.17, 15) is 0 Å². The molecule has 0 unspecified atom stereocenters. The second-order valence-electron chi connectivity index (χ2n) is 12.3. The largest absolute Gasteiger partial charge is 0.366 e. The van der Waals surface area contributed by atoms with E-state index >= 15 is 0 Å². The maximum absolute atomic E-state index is 5.03. The summed E-state index contributed by atoms with van der Waals surface area (Å²) in [5.74, 6) is 1.49. The van der Waals surface area contributed by atoms with Crippen LogP contribution in [0.2, 0.25) is 0 Å². The van der Waals surface area contributed by atoms with Crippen molar-refractivity contribution in [3.05, 3.63) is 112 Å². The van der Waals surface area contributed by atoms with Crippen LogP contribution in [0, 0.1) is 13.8 Å². The number of anilines is 3. The van der Waals surface area contributed by atoms with Gasteiger partial charge < -0.3 is 20.4 Å². The number of likely N-dealkylation sites (tertiary alicyclic amines) is 1. The van der Waals surface area contributed by atoms with Gasteiger partial charge in [0.15, 0.2) is 0 Å². The van der Waals surface area contributed by atoms with Crippen LogP contribution < -0.4 is 15.5 Å². The summed E-state index contributed by atoms with van der Waals surface area (Å²) in [5, 5.41) is 6.94. The van der Waals surface area contributed by atoms with Gasteiger partial charge in [-0.1, -0.05) is 69.8 Å². The number of aryl methyl sites for hydroxylation is 5. The molecule has 0 spiro atoms. The summed E-state index contributed by atoms with van der Waals surface area (Å²) in [6.45, 7) is 20.8. The van der Waals surface area contributed by atoms with Gasteiger partial charge in [-0.2, -0.15) is 0 Å². The molecule has 2 N–H and O–H groups in total. The number of para-hydroxylation sites is 1. The summed E-state index contributed by atoms with van der Waals surface area (Å²) >= 11 is 0. The second kappa shape index (κ2) is 16.5. The minimum Gasteiger partial charge on any atom is -0.366 e. The molecule has 3 aromatic carbocycles. The Morgan fingerprint density at radius 2 is 1.67 bits per heavy atom. The van der Waals surface area contributed by atoms with Gasteiger partial charge in [0.1, 0.15) is 12.5 Å². The number of nitrogens with zero attached hydrogens (tertiary/aromatic N) is 3. The minimum atomic E-state index is 0.471. The quantitative estimate of drug-likeness (QED) is 0.151. The number of allylic oxidation sites excluding steroid dienone is 1. The number of hydrogen-bond acceptors (Lipinski definition) is 4. The van der Waals surface area contributed by atoms with Gasteiger partial charge in [-0.25, -0.2) is 4.99 Å². The summed E-state index contributed by atoms with van der Waals surface area (Å²) in [5.41, 5.74) is 13.0. The molecule has 0 aliphatic carbocycles. The molecule has 5 nitrogen and oxygen atoms in total. The lowest BCUT2D eigenvalue weighted by atomic mass is 9.85. The van der Waals surface area contributed by atoms with Crippen LogP contribution in [-0.2, 0) is 19.3 Å². The van der Waals surface area contributed by atoms with Crippen molar-refractivity contribution in [1.82, 2.24) is 10.2 Å². The van der Waals surface area contributed by atoms with Crippen LogP contribution in [0.4, 0.5) is 17.1 Å². The lowest BCUT2D eigenvalue weighted by Gasteiger charge is -2.31. The first-order chi connectivity index (χ1) is 21.8. The highest BCUT2D eigenvalue weighted by Gasteiger charge is 2.22. The van der Waals surface area contributed by atoms with Gasteiger partial charge in [-0.3, -0.25) is 0 Å². The molecule has 0 atom stereocenters. The molecule has 1 heterocycles. The molecule has 3 aromatic rings. The first-order valence-electron chi connectivity index (χ1n) is 16.9. The van der Waals surface area contributed by atoms with E-state index in [1.165, 1.54) is 70.7 Å². The van der Waals surface area contributed by atoms with Gasteiger partial charge in [0.2, 0.25) is 0 Å². The number of nitrogens with one attached hydrogen (secondary N) is 2. The number of aliphatic imine (C=N–C) groups is 1. The smallest absolute Gasteiger partial charge is 0.131 e. The summed E-state index contributed by atoms with van der Waals surface area (Å²) in [7, 11) is 2.23. The Hall–Kier alpha value is -3.83. The van der Waals surface area contributed by atoms with Gasteiger partial charge in [0, 0.05) is 22.6 Å². The van der Waals surface area contributed by atoms with E-state index in [1.807, 2.05) is 0 Å². The highest BCUT2D eigenvalue weighted by molar-refractivity contribution is 6.00. The molecular weight excluding hydrogens is 550 g/mol. The van der Waals surface area contributed by atoms with Crippen molar-refractivity contribution in [2.45, 2.75) is 79.6 Å². The molecule has 5 heteroatoms. The molecule has 240 valence electrons. The molecule has 45 heavy (non-hydrogen) atoms. The predicted octanol–water partition coefficient (Wildman–Crippen LogP) is 9.09. The monoisotopic (exact) mass is 605 g/mol. The van der Waals surface area contributed by atoms with E-state index in [0.29, 0.717) is 19.1 Å². The summed E-state index contributed by atoms with van der Waals surface area (Å²) in [6, 6.07) is 20.4. The Morgan fingerprint density at radius 3 is 2.29 bits per heavy atom. The first kappa shape index (κ1) is 34.1. The number of hydrogen-bond donors (Lipinski definition) is 2.